The summed E-state index contributed by atoms with van der Waals surface area (Å²) in [5.41, 5.74) is 1.01. The summed E-state index contributed by atoms with van der Waals surface area (Å²) in [4.78, 5) is 3.01. The molecule has 0 saturated carbocycles. The predicted molar refractivity (Wildman–Crippen MR) is 88.5 cm³/mol. The van der Waals surface area contributed by atoms with E-state index in [1.54, 1.807) is 7.11 Å². The predicted octanol–water partition coefficient (Wildman–Crippen LogP) is 3.31. The number of ether oxygens (including phenoxy) is 1. The third-order valence-electron chi connectivity index (χ3n) is 3.03. The highest BCUT2D eigenvalue weighted by Crippen LogP contribution is 2.24. The topological polar surface area (TPSA) is 38.2 Å². The van der Waals surface area contributed by atoms with E-state index in [0.29, 0.717) is 3.95 Å². The van der Waals surface area contributed by atoms with Crippen molar-refractivity contribution < 1.29 is 9.15 Å². The van der Waals surface area contributed by atoms with E-state index >= 15 is 0 Å². The van der Waals surface area contributed by atoms with Crippen molar-refractivity contribution in [2.24, 2.45) is 0 Å². The lowest BCUT2D eigenvalue weighted by molar-refractivity contribution is 0.415. The molecule has 0 amide bonds. The first-order chi connectivity index (χ1) is 10.2. The molecular formula is C16H13NO2S2. The standard InChI is InChI=1S/C16H13NO2S2/c1-10-15(21-16(20)17-10)9-13-7-8-14(19-13)11-3-5-12(18-2)6-4-11/h3-9H,1H2,2H3,(H,17,20)/b15-9+. The molecule has 2 heterocycles. The molecule has 106 valence electrons. The Hall–Kier alpha value is -2.11. The minimum Gasteiger partial charge on any atom is -0.497 e. The van der Waals surface area contributed by atoms with Gasteiger partial charge in [0.1, 0.15) is 17.3 Å². The van der Waals surface area contributed by atoms with Crippen molar-refractivity contribution in [2.75, 3.05) is 7.11 Å². The number of benzene rings is 1. The summed E-state index contributed by atoms with van der Waals surface area (Å²) in [5, 5.41) is 0.812. The lowest BCUT2D eigenvalue weighted by Crippen LogP contribution is -2.18. The molecule has 0 radical (unpaired) electrons. The zero-order valence-corrected chi connectivity index (χ0v) is 13.0. The summed E-state index contributed by atoms with van der Waals surface area (Å²) in [6, 6.07) is 11.6. The van der Waals surface area contributed by atoms with Crippen LogP contribution in [0.25, 0.3) is 24.0 Å². The van der Waals surface area contributed by atoms with E-state index < -0.39 is 0 Å². The third-order valence-corrected chi connectivity index (χ3v) is 4.25. The number of aromatic nitrogens is 1. The Balaban J connectivity index is 1.96. The third kappa shape index (κ3) is 2.99. The van der Waals surface area contributed by atoms with Crippen molar-refractivity contribution in [1.29, 1.82) is 0 Å². The van der Waals surface area contributed by atoms with Gasteiger partial charge in [-0.15, -0.1) is 11.3 Å². The molecule has 0 aliphatic heterocycles. The number of thiazole rings is 1. The van der Waals surface area contributed by atoms with Gasteiger partial charge in [-0.1, -0.05) is 6.58 Å². The minimum absolute atomic E-state index is 0.716. The smallest absolute Gasteiger partial charge is 0.159 e. The number of aromatic amines is 1. The Morgan fingerprint density at radius 3 is 2.62 bits per heavy atom. The molecule has 3 aromatic rings. The number of hydrogen-bond acceptors (Lipinski definition) is 4. The van der Waals surface area contributed by atoms with E-state index in [4.69, 9.17) is 21.4 Å². The first-order valence-electron chi connectivity index (χ1n) is 6.30. The van der Waals surface area contributed by atoms with Crippen LogP contribution in [-0.2, 0) is 0 Å². The van der Waals surface area contributed by atoms with Crippen LogP contribution < -0.4 is 14.6 Å². The molecule has 0 aliphatic rings. The average molecular weight is 315 g/mol. The summed E-state index contributed by atoms with van der Waals surface area (Å²) in [7, 11) is 1.65. The van der Waals surface area contributed by atoms with Crippen LogP contribution in [0.1, 0.15) is 5.76 Å². The number of nitrogens with one attached hydrogen (secondary N) is 1. The van der Waals surface area contributed by atoms with Gasteiger partial charge in [0.05, 0.1) is 17.0 Å². The molecule has 3 nitrogen and oxygen atoms in total. The number of rotatable bonds is 3. The zero-order chi connectivity index (χ0) is 14.8. The molecule has 0 aliphatic carbocycles. The van der Waals surface area contributed by atoms with Crippen LogP contribution >= 0.6 is 23.6 Å². The fourth-order valence-electron chi connectivity index (χ4n) is 1.96. The van der Waals surface area contributed by atoms with Crippen molar-refractivity contribution in [1.82, 2.24) is 4.98 Å². The maximum atomic E-state index is 5.85. The van der Waals surface area contributed by atoms with Crippen molar-refractivity contribution in [2.45, 2.75) is 0 Å². The molecular weight excluding hydrogens is 302 g/mol. The molecule has 0 saturated heterocycles. The molecule has 2 aromatic heterocycles. The second-order valence-electron chi connectivity index (χ2n) is 4.43. The summed E-state index contributed by atoms with van der Waals surface area (Å²) >= 11 is 6.59. The average Bonchev–Trinajstić information content (AvgIpc) is 3.07. The van der Waals surface area contributed by atoms with E-state index in [2.05, 4.69) is 11.6 Å². The largest absolute Gasteiger partial charge is 0.497 e. The lowest BCUT2D eigenvalue weighted by Gasteiger charge is -2.00. The Kier molecular flexibility index (Phi) is 3.77. The second kappa shape index (κ2) is 5.71. The Labute approximate surface area is 130 Å². The van der Waals surface area contributed by atoms with Gasteiger partial charge in [0.2, 0.25) is 0 Å². The highest BCUT2D eigenvalue weighted by Gasteiger charge is 2.04. The van der Waals surface area contributed by atoms with Crippen molar-refractivity contribution in [3.63, 3.8) is 0 Å². The first-order valence-corrected chi connectivity index (χ1v) is 7.52. The van der Waals surface area contributed by atoms with Crippen LogP contribution in [0, 0.1) is 3.95 Å². The van der Waals surface area contributed by atoms with E-state index in [1.807, 2.05) is 42.5 Å². The molecule has 0 spiro atoms. The summed E-state index contributed by atoms with van der Waals surface area (Å²) in [5.74, 6) is 2.41. The quantitative estimate of drug-likeness (QED) is 0.754. The Bertz CT molecular complexity index is 916. The molecule has 0 atom stereocenters. The van der Waals surface area contributed by atoms with Crippen LogP contribution in [0.5, 0.6) is 5.75 Å². The summed E-state index contributed by atoms with van der Waals surface area (Å²) < 4.78 is 12.7. The molecule has 3 rings (SSSR count). The van der Waals surface area contributed by atoms with Crippen LogP contribution in [-0.4, -0.2) is 12.1 Å². The fourth-order valence-corrected chi connectivity index (χ4v) is 3.07. The molecule has 5 heteroatoms. The van der Waals surface area contributed by atoms with Crippen LogP contribution in [0.15, 0.2) is 40.8 Å². The zero-order valence-electron chi connectivity index (χ0n) is 11.4. The van der Waals surface area contributed by atoms with Crippen molar-refractivity contribution >= 4 is 36.2 Å². The normalized spacial score (nSPS) is 11.8. The number of methoxy groups -OCH3 is 1. The molecule has 0 unspecified atom stereocenters. The monoisotopic (exact) mass is 315 g/mol. The first kappa shape index (κ1) is 13.9. The van der Waals surface area contributed by atoms with Crippen molar-refractivity contribution in [3.05, 3.63) is 56.0 Å². The second-order valence-corrected chi connectivity index (χ2v) is 6.15. The van der Waals surface area contributed by atoms with Gasteiger partial charge in [-0.3, -0.25) is 0 Å². The summed E-state index contributed by atoms with van der Waals surface area (Å²) in [6.07, 6.45) is 1.94. The van der Waals surface area contributed by atoms with Crippen molar-refractivity contribution in [3.8, 4) is 17.1 Å². The van der Waals surface area contributed by atoms with Gasteiger partial charge in [-0.2, -0.15) is 0 Å². The van der Waals surface area contributed by atoms with Crippen LogP contribution in [0.4, 0.5) is 0 Å². The maximum Gasteiger partial charge on any atom is 0.159 e. The van der Waals surface area contributed by atoms with E-state index in [9.17, 15) is 0 Å². The fraction of sp³-hybridized carbons (Fsp3) is 0.0625. The SMILES string of the molecule is C=c1[nH]c(=S)s/c1=C/c1ccc(-c2ccc(OC)cc2)o1. The van der Waals surface area contributed by atoms with Crippen LogP contribution in [0.2, 0.25) is 0 Å². The van der Waals surface area contributed by atoms with Gasteiger partial charge >= 0.3 is 0 Å². The van der Waals surface area contributed by atoms with Gasteiger partial charge in [0, 0.05) is 11.6 Å². The minimum atomic E-state index is 0.716. The lowest BCUT2D eigenvalue weighted by atomic mass is 10.2. The summed E-state index contributed by atoms with van der Waals surface area (Å²) in [6.45, 7) is 3.92. The number of furan rings is 1. The number of hydrogen-bond donors (Lipinski definition) is 1. The van der Waals surface area contributed by atoms with E-state index in [-0.39, 0.29) is 0 Å². The Morgan fingerprint density at radius 2 is 2.00 bits per heavy atom. The van der Waals surface area contributed by atoms with E-state index in [1.165, 1.54) is 11.3 Å². The van der Waals surface area contributed by atoms with Gasteiger partial charge in [-0.05, 0) is 48.6 Å². The maximum absolute atomic E-state index is 5.85. The highest BCUT2D eigenvalue weighted by molar-refractivity contribution is 7.73. The van der Waals surface area contributed by atoms with Gasteiger partial charge in [0.25, 0.3) is 0 Å². The highest BCUT2D eigenvalue weighted by atomic mass is 32.1. The molecule has 1 N–H and O–H groups in total. The molecule has 1 aromatic carbocycles. The molecule has 21 heavy (non-hydrogen) atoms. The Morgan fingerprint density at radius 1 is 1.24 bits per heavy atom. The van der Waals surface area contributed by atoms with E-state index in [0.717, 1.165) is 32.7 Å². The molecule has 0 bridgehead atoms. The van der Waals surface area contributed by atoms with Gasteiger partial charge < -0.3 is 14.1 Å². The van der Waals surface area contributed by atoms with Crippen LogP contribution in [0.3, 0.4) is 0 Å². The van der Waals surface area contributed by atoms with Gasteiger partial charge in [0.15, 0.2) is 3.95 Å². The number of H-pyrrole nitrogens is 1. The molecule has 0 fully saturated rings. The van der Waals surface area contributed by atoms with Gasteiger partial charge in [-0.25, -0.2) is 0 Å².